The molecule has 0 radical (unpaired) electrons. The third-order valence-corrected chi connectivity index (χ3v) is 4.71. The molecule has 1 unspecified atom stereocenters. The summed E-state index contributed by atoms with van der Waals surface area (Å²) in [5.74, 6) is 0. The molecule has 5 nitrogen and oxygen atoms in total. The van der Waals surface area contributed by atoms with Crippen molar-refractivity contribution in [1.82, 2.24) is 0 Å². The van der Waals surface area contributed by atoms with E-state index in [9.17, 15) is 13.5 Å². The number of aliphatic hydroxyl groups is 1. The zero-order valence-corrected chi connectivity index (χ0v) is 13.1. The molecule has 1 heterocycles. The molecule has 0 saturated carbocycles. The minimum Gasteiger partial charge on any atom is -0.481 e. The summed E-state index contributed by atoms with van der Waals surface area (Å²) in [6, 6.07) is 9.91. The van der Waals surface area contributed by atoms with Crippen molar-refractivity contribution >= 4 is 21.5 Å². The van der Waals surface area contributed by atoms with E-state index >= 15 is 0 Å². The first-order valence-electron chi connectivity index (χ1n) is 6.28. The summed E-state index contributed by atoms with van der Waals surface area (Å²) >= 11 is 1.39. The average molecular weight is 328 g/mol. The van der Waals surface area contributed by atoms with Crippen LogP contribution in [0.3, 0.4) is 0 Å². The lowest BCUT2D eigenvalue weighted by atomic mass is 10.2. The maximum absolute atomic E-state index is 11.9. The molecule has 114 valence electrons. The smallest absolute Gasteiger partial charge is 0.297 e. The zero-order chi connectivity index (χ0) is 15.3. The Kier molecular flexibility index (Phi) is 5.35. The average Bonchev–Trinajstić information content (AvgIpc) is 2.97. The first-order chi connectivity index (χ1) is 9.97. The number of ether oxygens (including phenoxy) is 1. The molecule has 1 N–H and O–H groups in total. The van der Waals surface area contributed by atoms with E-state index in [4.69, 9.17) is 8.92 Å². The molecular weight excluding hydrogens is 312 g/mol. The second-order valence-corrected chi connectivity index (χ2v) is 6.97. The van der Waals surface area contributed by atoms with Crippen LogP contribution < -0.4 is 4.74 Å². The molecule has 0 bridgehead atoms. The maximum Gasteiger partial charge on any atom is 0.297 e. The van der Waals surface area contributed by atoms with E-state index in [0.29, 0.717) is 5.06 Å². The number of aryl methyl sites for hydroxylation is 1. The van der Waals surface area contributed by atoms with Gasteiger partial charge in [-0.1, -0.05) is 17.7 Å². The zero-order valence-electron chi connectivity index (χ0n) is 11.4. The lowest BCUT2D eigenvalue weighted by Crippen LogP contribution is -2.25. The third kappa shape index (κ3) is 4.82. The highest BCUT2D eigenvalue weighted by molar-refractivity contribution is 7.86. The Morgan fingerprint density at radius 2 is 1.90 bits per heavy atom. The van der Waals surface area contributed by atoms with Crippen LogP contribution in [0.15, 0.2) is 46.7 Å². The number of thiophene rings is 1. The molecule has 0 spiro atoms. The van der Waals surface area contributed by atoms with E-state index in [1.807, 2.05) is 18.4 Å². The van der Waals surface area contributed by atoms with Crippen molar-refractivity contribution in [3.05, 3.63) is 47.3 Å². The minimum absolute atomic E-state index is 0.0239. The van der Waals surface area contributed by atoms with Gasteiger partial charge in [-0.25, -0.2) is 0 Å². The highest BCUT2D eigenvalue weighted by Crippen LogP contribution is 2.18. The molecule has 0 saturated heterocycles. The van der Waals surface area contributed by atoms with Crippen LogP contribution >= 0.6 is 11.3 Å². The first-order valence-corrected chi connectivity index (χ1v) is 8.56. The van der Waals surface area contributed by atoms with E-state index in [1.54, 1.807) is 18.2 Å². The van der Waals surface area contributed by atoms with Crippen molar-refractivity contribution in [2.75, 3.05) is 13.2 Å². The molecular formula is C14H16O5S2. The number of aliphatic hydroxyl groups excluding tert-OH is 1. The molecule has 1 atom stereocenters. The van der Waals surface area contributed by atoms with Gasteiger partial charge in [-0.15, -0.1) is 11.3 Å². The van der Waals surface area contributed by atoms with Crippen LogP contribution in [0.5, 0.6) is 5.06 Å². The Labute approximate surface area is 127 Å². The van der Waals surface area contributed by atoms with Crippen molar-refractivity contribution in [2.24, 2.45) is 0 Å². The molecule has 0 aliphatic heterocycles. The lowest BCUT2D eigenvalue weighted by Gasteiger charge is -2.12. The molecule has 2 aromatic rings. The highest BCUT2D eigenvalue weighted by atomic mass is 32.2. The topological polar surface area (TPSA) is 72.8 Å². The molecule has 0 amide bonds. The molecule has 0 aliphatic rings. The predicted octanol–water partition coefficient (Wildman–Crippen LogP) is 2.20. The van der Waals surface area contributed by atoms with E-state index in [-0.39, 0.29) is 18.1 Å². The Morgan fingerprint density at radius 1 is 1.19 bits per heavy atom. The largest absolute Gasteiger partial charge is 0.481 e. The quantitative estimate of drug-likeness (QED) is 0.789. The van der Waals surface area contributed by atoms with Crippen molar-refractivity contribution in [3.63, 3.8) is 0 Å². The van der Waals surface area contributed by atoms with Crippen molar-refractivity contribution < 1.29 is 22.4 Å². The summed E-state index contributed by atoms with van der Waals surface area (Å²) in [5, 5.41) is 12.2. The van der Waals surface area contributed by atoms with Crippen LogP contribution in [0, 0.1) is 6.92 Å². The molecule has 1 aromatic heterocycles. The SMILES string of the molecule is Cc1ccc(S(=O)(=O)OCC(O)COc2cccs2)cc1. The van der Waals surface area contributed by atoms with Crippen molar-refractivity contribution in [3.8, 4) is 5.06 Å². The highest BCUT2D eigenvalue weighted by Gasteiger charge is 2.17. The molecule has 0 aliphatic carbocycles. The van der Waals surface area contributed by atoms with Crippen LogP contribution in [0.4, 0.5) is 0 Å². The number of benzene rings is 1. The van der Waals surface area contributed by atoms with Gasteiger partial charge in [-0.2, -0.15) is 8.42 Å². The molecule has 2 rings (SSSR count). The van der Waals surface area contributed by atoms with Crippen LogP contribution in [0.1, 0.15) is 5.56 Å². The molecule has 0 fully saturated rings. The summed E-state index contributed by atoms with van der Waals surface area (Å²) in [7, 11) is -3.86. The summed E-state index contributed by atoms with van der Waals surface area (Å²) in [6.45, 7) is 1.49. The standard InChI is InChI=1S/C14H16O5S2/c1-11-4-6-13(7-5-11)21(16,17)19-10-12(15)9-18-14-3-2-8-20-14/h2-8,12,15H,9-10H2,1H3. The van der Waals surface area contributed by atoms with Crippen molar-refractivity contribution in [2.45, 2.75) is 17.9 Å². The fourth-order valence-corrected chi connectivity index (χ4v) is 3.04. The summed E-state index contributed by atoms with van der Waals surface area (Å²) in [4.78, 5) is 0.0690. The van der Waals surface area contributed by atoms with Gasteiger partial charge >= 0.3 is 0 Å². The monoisotopic (exact) mass is 328 g/mol. The third-order valence-electron chi connectivity index (χ3n) is 2.64. The van der Waals surface area contributed by atoms with Crippen LogP contribution in [-0.2, 0) is 14.3 Å². The molecule has 1 aromatic carbocycles. The van der Waals surface area contributed by atoms with Crippen molar-refractivity contribution in [1.29, 1.82) is 0 Å². The Balaban J connectivity index is 1.84. The Morgan fingerprint density at radius 3 is 2.52 bits per heavy atom. The van der Waals surface area contributed by atoms with E-state index in [0.717, 1.165) is 5.56 Å². The van der Waals surface area contributed by atoms with E-state index in [1.165, 1.54) is 23.5 Å². The summed E-state index contributed by atoms with van der Waals surface area (Å²) in [5.41, 5.74) is 0.957. The van der Waals surface area contributed by atoms with Gasteiger partial charge < -0.3 is 9.84 Å². The van der Waals surface area contributed by atoms with Gasteiger partial charge in [-0.3, -0.25) is 4.18 Å². The second kappa shape index (κ2) is 7.04. The van der Waals surface area contributed by atoms with Crippen LogP contribution in [0.2, 0.25) is 0 Å². The summed E-state index contributed by atoms with van der Waals surface area (Å²) in [6.07, 6.45) is -1.02. The Hall–Kier alpha value is -1.41. The number of hydrogen-bond donors (Lipinski definition) is 1. The number of rotatable bonds is 7. The van der Waals surface area contributed by atoms with Gasteiger partial charge in [-0.05, 0) is 36.6 Å². The van der Waals surface area contributed by atoms with Crippen LogP contribution in [0.25, 0.3) is 0 Å². The second-order valence-electron chi connectivity index (χ2n) is 4.45. The van der Waals surface area contributed by atoms with E-state index < -0.39 is 16.2 Å². The fourth-order valence-electron chi connectivity index (χ4n) is 1.51. The van der Waals surface area contributed by atoms with Gasteiger partial charge in [0, 0.05) is 0 Å². The van der Waals surface area contributed by atoms with Gasteiger partial charge in [0.05, 0.1) is 11.5 Å². The fraction of sp³-hybridized carbons (Fsp3) is 0.286. The van der Waals surface area contributed by atoms with Crippen LogP contribution in [-0.4, -0.2) is 32.8 Å². The maximum atomic E-state index is 11.9. The van der Waals surface area contributed by atoms with E-state index in [2.05, 4.69) is 0 Å². The first kappa shape index (κ1) is 16.0. The van der Waals surface area contributed by atoms with Gasteiger partial charge in [0.2, 0.25) is 0 Å². The lowest BCUT2D eigenvalue weighted by molar-refractivity contribution is 0.0662. The normalized spacial score (nSPS) is 13.0. The number of hydrogen-bond acceptors (Lipinski definition) is 6. The molecule has 7 heteroatoms. The van der Waals surface area contributed by atoms with Gasteiger partial charge in [0.25, 0.3) is 10.1 Å². The van der Waals surface area contributed by atoms with Gasteiger partial charge in [0.15, 0.2) is 5.06 Å². The molecule has 21 heavy (non-hydrogen) atoms. The minimum atomic E-state index is -3.86. The Bertz CT molecular complexity index is 647. The predicted molar refractivity (Wildman–Crippen MR) is 80.1 cm³/mol. The summed E-state index contributed by atoms with van der Waals surface area (Å²) < 4.78 is 33.9. The van der Waals surface area contributed by atoms with Gasteiger partial charge in [0.1, 0.15) is 12.7 Å².